The lowest BCUT2D eigenvalue weighted by atomic mass is 9.37. The van der Waals surface area contributed by atoms with Crippen LogP contribution in [0.1, 0.15) is 94.7 Å². The quantitative estimate of drug-likeness (QED) is 0.174. The topological polar surface area (TPSA) is 31.4 Å². The lowest BCUT2D eigenvalue weighted by Gasteiger charge is -2.43. The van der Waals surface area contributed by atoms with E-state index in [0.717, 1.165) is 40.4 Å². The van der Waals surface area contributed by atoms with E-state index in [0.29, 0.717) is 5.88 Å². The molecule has 3 nitrogen and oxygen atoms in total. The predicted molar refractivity (Wildman–Crippen MR) is 191 cm³/mol. The van der Waals surface area contributed by atoms with E-state index >= 15 is 0 Å². The first-order valence-corrected chi connectivity index (χ1v) is 17.2. The predicted octanol–water partition coefficient (Wildman–Crippen LogP) is 9.26. The first-order valence-electron chi connectivity index (χ1n) is 16.4. The van der Waals surface area contributed by atoms with Crippen molar-refractivity contribution in [2.45, 2.75) is 98.3 Å². The molecule has 5 heteroatoms. The molecule has 2 aromatic heterocycles. The van der Waals surface area contributed by atoms with Gasteiger partial charge in [-0.25, -0.2) is 4.98 Å². The first kappa shape index (κ1) is 28.9. The highest BCUT2D eigenvalue weighted by Crippen LogP contribution is 2.49. The normalized spacial score (nSPS) is 17.2. The van der Waals surface area contributed by atoms with Crippen molar-refractivity contribution >= 4 is 43.8 Å². The van der Waals surface area contributed by atoms with E-state index in [1.54, 1.807) is 0 Å². The fourth-order valence-corrected chi connectivity index (χ4v) is 9.31. The van der Waals surface area contributed by atoms with Gasteiger partial charge >= 0.3 is 0 Å². The minimum atomic E-state index is 0.00545. The molecule has 0 saturated heterocycles. The van der Waals surface area contributed by atoms with Crippen molar-refractivity contribution < 1.29 is 9.47 Å². The minimum Gasteiger partial charge on any atom is -0.457 e. The second-order valence-electron chi connectivity index (χ2n) is 16.1. The average Bonchev–Trinajstić information content (AvgIpc) is 3.31. The van der Waals surface area contributed by atoms with Crippen molar-refractivity contribution in [3.8, 4) is 34.4 Å². The van der Waals surface area contributed by atoms with Crippen LogP contribution in [0, 0.1) is 20.8 Å². The molecule has 1 aliphatic carbocycles. The summed E-state index contributed by atoms with van der Waals surface area (Å²) in [4.78, 5) is 5.28. The summed E-state index contributed by atoms with van der Waals surface area (Å²) in [5, 5.41) is 1.20. The fourth-order valence-electron chi connectivity index (χ4n) is 8.07. The Hall–Kier alpha value is -3.57. The molecule has 3 aromatic carbocycles. The molecular formula is C40H42BNO2S. The highest BCUT2D eigenvalue weighted by Gasteiger charge is 2.46. The zero-order valence-electron chi connectivity index (χ0n) is 28.3. The summed E-state index contributed by atoms with van der Waals surface area (Å²) in [5.74, 6) is 3.45. The van der Waals surface area contributed by atoms with Crippen LogP contribution in [0.4, 0.5) is 0 Å². The van der Waals surface area contributed by atoms with Crippen LogP contribution in [0.25, 0.3) is 21.3 Å². The Kier molecular flexibility index (Phi) is 5.94. The zero-order valence-corrected chi connectivity index (χ0v) is 29.1. The molecule has 0 atom stereocenters. The summed E-state index contributed by atoms with van der Waals surface area (Å²) < 4.78 is 16.4. The Morgan fingerprint density at radius 2 is 1.47 bits per heavy atom. The molecular weight excluding hydrogens is 569 g/mol. The van der Waals surface area contributed by atoms with E-state index in [4.69, 9.17) is 14.5 Å². The molecule has 5 aromatic rings. The molecule has 4 heterocycles. The molecule has 0 bridgehead atoms. The monoisotopic (exact) mass is 611 g/mol. The van der Waals surface area contributed by atoms with Crippen LogP contribution in [0.2, 0.25) is 0 Å². The number of aromatic nitrogens is 1. The second-order valence-corrected chi connectivity index (χ2v) is 17.2. The van der Waals surface area contributed by atoms with Crippen molar-refractivity contribution in [1.82, 2.24) is 4.98 Å². The van der Waals surface area contributed by atoms with Crippen molar-refractivity contribution in [3.05, 3.63) is 81.9 Å². The number of thiophene rings is 1. The highest BCUT2D eigenvalue weighted by molar-refractivity contribution is 7.33. The third-order valence-electron chi connectivity index (χ3n) is 10.7. The van der Waals surface area contributed by atoms with E-state index in [1.165, 1.54) is 60.1 Å². The number of nitrogens with zero attached hydrogens (tertiary/aromatic N) is 1. The van der Waals surface area contributed by atoms with Crippen molar-refractivity contribution in [2.75, 3.05) is 0 Å². The van der Waals surface area contributed by atoms with E-state index in [-0.39, 0.29) is 23.0 Å². The maximum atomic E-state index is 7.00. The van der Waals surface area contributed by atoms with Gasteiger partial charge in [0.05, 0.1) is 5.69 Å². The number of hydrogen-bond donors (Lipinski definition) is 0. The van der Waals surface area contributed by atoms with E-state index in [9.17, 15) is 0 Å². The largest absolute Gasteiger partial charge is 0.457 e. The Morgan fingerprint density at radius 1 is 0.800 bits per heavy atom. The van der Waals surface area contributed by atoms with Crippen molar-refractivity contribution in [2.24, 2.45) is 0 Å². The summed E-state index contributed by atoms with van der Waals surface area (Å²) in [6.07, 6.45) is 2.33. The molecule has 3 aliphatic rings. The smallest absolute Gasteiger partial charge is 0.275 e. The maximum Gasteiger partial charge on any atom is 0.275 e. The van der Waals surface area contributed by atoms with E-state index in [2.05, 4.69) is 118 Å². The van der Waals surface area contributed by atoms with Gasteiger partial charge < -0.3 is 9.47 Å². The lowest BCUT2D eigenvalue weighted by Crippen LogP contribution is -2.57. The van der Waals surface area contributed by atoms with Crippen molar-refractivity contribution in [3.63, 3.8) is 0 Å². The van der Waals surface area contributed by atoms with Crippen LogP contribution in [0.5, 0.6) is 23.1 Å². The van der Waals surface area contributed by atoms with Crippen LogP contribution in [-0.4, -0.2) is 11.7 Å². The molecule has 8 rings (SSSR count). The van der Waals surface area contributed by atoms with Crippen LogP contribution < -0.4 is 25.2 Å². The van der Waals surface area contributed by atoms with Gasteiger partial charge in [-0.2, -0.15) is 0 Å². The fraction of sp³-hybridized carbons (Fsp3) is 0.375. The molecule has 0 amide bonds. The maximum absolute atomic E-state index is 7.00. The van der Waals surface area contributed by atoms with Crippen LogP contribution in [-0.2, 0) is 16.2 Å². The molecule has 228 valence electrons. The Bertz CT molecular complexity index is 2070. The lowest BCUT2D eigenvalue weighted by molar-refractivity contribution is 0.330. The Labute approximate surface area is 272 Å². The Balaban J connectivity index is 1.43. The van der Waals surface area contributed by atoms with Gasteiger partial charge in [-0.1, -0.05) is 78.3 Å². The summed E-state index contributed by atoms with van der Waals surface area (Å²) in [6.45, 7) is 22.9. The van der Waals surface area contributed by atoms with Crippen LogP contribution in [0.15, 0.2) is 48.5 Å². The van der Waals surface area contributed by atoms with Crippen LogP contribution >= 0.6 is 11.3 Å². The summed E-state index contributed by atoms with van der Waals surface area (Å²) in [6, 6.07) is 18.4. The summed E-state index contributed by atoms with van der Waals surface area (Å²) >= 11 is 1.86. The molecule has 0 saturated carbocycles. The third-order valence-corrected chi connectivity index (χ3v) is 11.9. The van der Waals surface area contributed by atoms with E-state index < -0.39 is 0 Å². The number of rotatable bonds is 1. The number of hydrogen-bond acceptors (Lipinski definition) is 4. The summed E-state index contributed by atoms with van der Waals surface area (Å²) in [5.41, 5.74) is 12.4. The zero-order chi connectivity index (χ0) is 31.8. The number of ether oxygens (including phenoxy) is 2. The SMILES string of the molecule is Cc1cc(C)c(-c2cc3c4c(n2)Oc2cc5c(cc2B4c2sc4ccc(C(C)(C)C)cc4c2O3)C(C)(C)CCC5(C)C)c(C)c1. The van der Waals surface area contributed by atoms with Gasteiger partial charge in [0.25, 0.3) is 6.71 Å². The average molecular weight is 612 g/mol. The number of fused-ring (bicyclic) bond motifs is 7. The second kappa shape index (κ2) is 9.25. The molecule has 2 aliphatic heterocycles. The molecule has 45 heavy (non-hydrogen) atoms. The number of aryl methyl sites for hydroxylation is 3. The van der Waals surface area contributed by atoms with Crippen LogP contribution in [0.3, 0.4) is 0 Å². The Morgan fingerprint density at radius 3 is 2.13 bits per heavy atom. The third kappa shape index (κ3) is 4.26. The van der Waals surface area contributed by atoms with Gasteiger partial charge in [-0.3, -0.25) is 0 Å². The van der Waals surface area contributed by atoms with Crippen molar-refractivity contribution in [1.29, 1.82) is 0 Å². The van der Waals surface area contributed by atoms with Gasteiger partial charge in [0, 0.05) is 32.0 Å². The number of benzene rings is 3. The van der Waals surface area contributed by atoms with Gasteiger partial charge in [-0.15, -0.1) is 11.3 Å². The first-order chi connectivity index (χ1) is 21.1. The molecule has 0 unspecified atom stereocenters. The van der Waals surface area contributed by atoms with Gasteiger partial charge in [0.15, 0.2) is 0 Å². The van der Waals surface area contributed by atoms with Gasteiger partial charge in [0.2, 0.25) is 5.88 Å². The minimum absolute atomic E-state index is 0.00545. The number of pyridine rings is 1. The molecule has 0 N–H and O–H groups in total. The molecule has 0 fully saturated rings. The highest BCUT2D eigenvalue weighted by atomic mass is 32.1. The van der Waals surface area contributed by atoms with Gasteiger partial charge in [-0.05, 0) is 101 Å². The van der Waals surface area contributed by atoms with E-state index in [1.807, 2.05) is 11.3 Å². The molecule has 0 radical (unpaired) electrons. The molecule has 0 spiro atoms. The van der Waals surface area contributed by atoms with Gasteiger partial charge in [0.1, 0.15) is 17.2 Å². The standard InChI is InChI=1S/C40H42BNO2S/c1-21-15-22(2)33(23(3)16-21)29-20-31-34-37(42-29)44-30-19-27-26(39(7,8)13-14-40(27,9)10)18-28(30)41(34)36-35(43-31)25-17-24(38(4,5)6)11-12-32(25)45-36/h11-12,15-20H,13-14H2,1-10H3. The summed E-state index contributed by atoms with van der Waals surface area (Å²) in [7, 11) is 0.